The van der Waals surface area contributed by atoms with Gasteiger partial charge in [0.15, 0.2) is 0 Å². The number of nitrogens with zero attached hydrogens (tertiary/aromatic N) is 2. The molecule has 2 unspecified atom stereocenters. The van der Waals surface area contributed by atoms with E-state index in [0.717, 1.165) is 31.5 Å². The molecular weight excluding hydrogens is 400 g/mol. The molecule has 6 nitrogen and oxygen atoms in total. The monoisotopic (exact) mass is 434 g/mol. The summed E-state index contributed by atoms with van der Waals surface area (Å²) < 4.78 is 0. The van der Waals surface area contributed by atoms with Crippen LogP contribution in [0.3, 0.4) is 0 Å². The third kappa shape index (κ3) is 5.75. The van der Waals surface area contributed by atoms with Crippen molar-refractivity contribution in [2.75, 3.05) is 38.0 Å². The third-order valence-corrected chi connectivity index (χ3v) is 6.61. The number of amides is 2. The lowest BCUT2D eigenvalue weighted by Gasteiger charge is -2.28. The van der Waals surface area contributed by atoms with Crippen LogP contribution in [0.25, 0.3) is 0 Å². The summed E-state index contributed by atoms with van der Waals surface area (Å²) in [6, 6.07) is 17.4. The third-order valence-electron chi connectivity index (χ3n) is 6.61. The Morgan fingerprint density at radius 1 is 0.969 bits per heavy atom. The molecule has 2 aromatic rings. The quantitative estimate of drug-likeness (QED) is 0.665. The molecule has 0 bridgehead atoms. The smallest absolute Gasteiger partial charge is 0.253 e. The summed E-state index contributed by atoms with van der Waals surface area (Å²) in [6.07, 6.45) is 4.87. The number of anilines is 1. The number of carbonyl (C=O) groups is 2. The Kier molecular flexibility index (Phi) is 7.55. The number of nitrogens with one attached hydrogen (secondary N) is 2. The number of likely N-dealkylation sites (tertiary alicyclic amines) is 2. The Morgan fingerprint density at radius 2 is 1.69 bits per heavy atom. The zero-order chi connectivity index (χ0) is 22.3. The van der Waals surface area contributed by atoms with Crippen LogP contribution in [0.1, 0.15) is 54.6 Å². The van der Waals surface area contributed by atoms with E-state index < -0.39 is 0 Å². The van der Waals surface area contributed by atoms with Gasteiger partial charge in [0.25, 0.3) is 5.91 Å². The molecule has 2 aromatic carbocycles. The fourth-order valence-electron chi connectivity index (χ4n) is 4.84. The van der Waals surface area contributed by atoms with Gasteiger partial charge in [-0.3, -0.25) is 14.5 Å². The van der Waals surface area contributed by atoms with Crippen molar-refractivity contribution >= 4 is 17.5 Å². The molecule has 2 fully saturated rings. The van der Waals surface area contributed by atoms with Crippen molar-refractivity contribution in [3.63, 3.8) is 0 Å². The van der Waals surface area contributed by atoms with E-state index in [2.05, 4.69) is 20.4 Å². The molecule has 0 radical (unpaired) electrons. The minimum Gasteiger partial charge on any atom is -0.345 e. The Balaban J connectivity index is 1.36. The summed E-state index contributed by atoms with van der Waals surface area (Å²) in [5.41, 5.74) is 2.09. The second kappa shape index (κ2) is 10.7. The minimum absolute atomic E-state index is 0.0605. The molecule has 2 N–H and O–H groups in total. The molecule has 0 saturated carbocycles. The van der Waals surface area contributed by atoms with Crippen LogP contribution >= 0.6 is 0 Å². The molecule has 0 aromatic heterocycles. The molecule has 0 aliphatic carbocycles. The van der Waals surface area contributed by atoms with Crippen molar-refractivity contribution in [2.24, 2.45) is 0 Å². The van der Waals surface area contributed by atoms with Gasteiger partial charge in [-0.05, 0) is 69.9 Å². The largest absolute Gasteiger partial charge is 0.345 e. The number of rotatable bonds is 8. The van der Waals surface area contributed by atoms with E-state index in [-0.39, 0.29) is 17.9 Å². The maximum Gasteiger partial charge on any atom is 0.253 e. The SMILES string of the molecule is CC(NC(=O)c1ccccc1NC(=O)CN1CCCC1CN1CCCC1)c1ccccc1. The van der Waals surface area contributed by atoms with Gasteiger partial charge < -0.3 is 15.5 Å². The average molecular weight is 435 g/mol. The zero-order valence-corrected chi connectivity index (χ0v) is 18.9. The van der Waals surface area contributed by atoms with Gasteiger partial charge in [0.2, 0.25) is 5.91 Å². The molecule has 4 rings (SSSR count). The van der Waals surface area contributed by atoms with Crippen LogP contribution in [-0.4, -0.2) is 60.4 Å². The van der Waals surface area contributed by atoms with Crippen LogP contribution in [0.2, 0.25) is 0 Å². The lowest BCUT2D eigenvalue weighted by atomic mass is 10.1. The topological polar surface area (TPSA) is 64.7 Å². The molecule has 2 aliphatic rings. The Bertz CT molecular complexity index is 911. The summed E-state index contributed by atoms with van der Waals surface area (Å²) in [5.74, 6) is -0.250. The van der Waals surface area contributed by atoms with E-state index in [1.165, 1.54) is 25.9 Å². The van der Waals surface area contributed by atoms with Crippen LogP contribution in [0, 0.1) is 0 Å². The van der Waals surface area contributed by atoms with Crippen molar-refractivity contribution in [3.05, 3.63) is 65.7 Å². The summed E-state index contributed by atoms with van der Waals surface area (Å²) in [5, 5.41) is 6.03. The summed E-state index contributed by atoms with van der Waals surface area (Å²) in [7, 11) is 0. The highest BCUT2D eigenvalue weighted by atomic mass is 16.2. The van der Waals surface area contributed by atoms with Crippen LogP contribution in [-0.2, 0) is 4.79 Å². The first kappa shape index (κ1) is 22.5. The number of hydrogen-bond donors (Lipinski definition) is 2. The normalized spacial score (nSPS) is 20.2. The predicted octanol–water partition coefficient (Wildman–Crippen LogP) is 3.68. The van der Waals surface area contributed by atoms with Crippen molar-refractivity contribution in [3.8, 4) is 0 Å². The Hall–Kier alpha value is -2.70. The van der Waals surface area contributed by atoms with Crippen LogP contribution in [0.15, 0.2) is 54.6 Å². The second-order valence-corrected chi connectivity index (χ2v) is 8.97. The molecule has 6 heteroatoms. The molecule has 2 heterocycles. The van der Waals surface area contributed by atoms with E-state index in [0.29, 0.717) is 23.8 Å². The lowest BCUT2D eigenvalue weighted by Crippen LogP contribution is -2.43. The van der Waals surface area contributed by atoms with E-state index in [1.807, 2.05) is 49.4 Å². The van der Waals surface area contributed by atoms with Gasteiger partial charge >= 0.3 is 0 Å². The van der Waals surface area contributed by atoms with E-state index >= 15 is 0 Å². The standard InChI is InChI=1S/C26H34N4O2/c1-20(21-10-3-2-4-11-21)27-26(32)23-13-5-6-14-24(23)28-25(31)19-30-17-9-12-22(30)18-29-15-7-8-16-29/h2-6,10-11,13-14,20,22H,7-9,12,15-19H2,1H3,(H,27,32)(H,28,31). The van der Waals surface area contributed by atoms with Crippen molar-refractivity contribution < 1.29 is 9.59 Å². The van der Waals surface area contributed by atoms with Crippen molar-refractivity contribution in [1.29, 1.82) is 0 Å². The lowest BCUT2D eigenvalue weighted by molar-refractivity contribution is -0.117. The fourth-order valence-corrected chi connectivity index (χ4v) is 4.84. The van der Waals surface area contributed by atoms with Crippen molar-refractivity contribution in [2.45, 2.75) is 44.7 Å². The molecule has 170 valence electrons. The molecule has 32 heavy (non-hydrogen) atoms. The summed E-state index contributed by atoms with van der Waals surface area (Å²) in [4.78, 5) is 30.6. The van der Waals surface area contributed by atoms with Gasteiger partial charge in [-0.1, -0.05) is 42.5 Å². The number of hydrogen-bond acceptors (Lipinski definition) is 4. The van der Waals surface area contributed by atoms with E-state index in [1.54, 1.807) is 12.1 Å². The predicted molar refractivity (Wildman–Crippen MR) is 128 cm³/mol. The Labute approximate surface area is 191 Å². The first-order valence-corrected chi connectivity index (χ1v) is 11.8. The van der Waals surface area contributed by atoms with Gasteiger partial charge in [-0.2, -0.15) is 0 Å². The number of para-hydroxylation sites is 1. The Morgan fingerprint density at radius 3 is 2.47 bits per heavy atom. The maximum atomic E-state index is 12.9. The minimum atomic E-state index is -0.190. The number of carbonyl (C=O) groups excluding carboxylic acids is 2. The average Bonchev–Trinajstić information content (AvgIpc) is 3.47. The van der Waals surface area contributed by atoms with E-state index in [4.69, 9.17) is 0 Å². The highest BCUT2D eigenvalue weighted by molar-refractivity contribution is 6.04. The van der Waals surface area contributed by atoms with Crippen molar-refractivity contribution in [1.82, 2.24) is 15.1 Å². The van der Waals surface area contributed by atoms with Crippen LogP contribution in [0.5, 0.6) is 0 Å². The van der Waals surface area contributed by atoms with Gasteiger partial charge in [0.05, 0.1) is 23.8 Å². The van der Waals surface area contributed by atoms with Gasteiger partial charge in [0.1, 0.15) is 0 Å². The van der Waals surface area contributed by atoms with Gasteiger partial charge in [-0.25, -0.2) is 0 Å². The molecule has 2 saturated heterocycles. The van der Waals surface area contributed by atoms with Crippen LogP contribution < -0.4 is 10.6 Å². The molecule has 0 spiro atoms. The first-order chi connectivity index (χ1) is 15.6. The fraction of sp³-hybridized carbons (Fsp3) is 0.462. The highest BCUT2D eigenvalue weighted by Gasteiger charge is 2.29. The summed E-state index contributed by atoms with van der Waals surface area (Å²) in [6.45, 7) is 6.71. The maximum absolute atomic E-state index is 12.9. The van der Waals surface area contributed by atoms with Crippen LogP contribution in [0.4, 0.5) is 5.69 Å². The number of benzene rings is 2. The highest BCUT2D eigenvalue weighted by Crippen LogP contribution is 2.21. The van der Waals surface area contributed by atoms with Gasteiger partial charge in [-0.15, -0.1) is 0 Å². The molecule has 2 atom stereocenters. The summed E-state index contributed by atoms with van der Waals surface area (Å²) >= 11 is 0. The molecule has 2 amide bonds. The molecular formula is C26H34N4O2. The van der Waals surface area contributed by atoms with Gasteiger partial charge in [0, 0.05) is 12.6 Å². The zero-order valence-electron chi connectivity index (χ0n) is 18.9. The second-order valence-electron chi connectivity index (χ2n) is 8.97. The first-order valence-electron chi connectivity index (χ1n) is 11.8. The van der Waals surface area contributed by atoms with E-state index in [9.17, 15) is 9.59 Å². The molecule has 2 aliphatic heterocycles.